The van der Waals surface area contributed by atoms with E-state index in [2.05, 4.69) is 29.1 Å². The molecule has 1 heterocycles. The highest BCUT2D eigenvalue weighted by Gasteiger charge is 2.26. The molecule has 1 aliphatic carbocycles. The first kappa shape index (κ1) is 12.1. The molecule has 1 aromatic rings. The van der Waals surface area contributed by atoms with E-state index in [4.69, 9.17) is 0 Å². The van der Waals surface area contributed by atoms with Crippen LogP contribution in [0.25, 0.3) is 0 Å². The summed E-state index contributed by atoms with van der Waals surface area (Å²) in [5.41, 5.74) is 1.54. The number of rotatable bonds is 6. The van der Waals surface area contributed by atoms with Crippen LogP contribution < -0.4 is 5.32 Å². The van der Waals surface area contributed by atoms with Gasteiger partial charge in [-0.2, -0.15) is 11.3 Å². The lowest BCUT2D eigenvalue weighted by molar-refractivity contribution is 0.350. The molecule has 16 heavy (non-hydrogen) atoms. The fraction of sp³-hybridized carbons (Fsp3) is 0.714. The molecular formula is C14H23NS. The second-order valence-corrected chi connectivity index (χ2v) is 5.71. The summed E-state index contributed by atoms with van der Waals surface area (Å²) in [6.45, 7) is 4.56. The summed E-state index contributed by atoms with van der Waals surface area (Å²) in [4.78, 5) is 0. The van der Waals surface area contributed by atoms with Gasteiger partial charge in [0.15, 0.2) is 0 Å². The Balaban J connectivity index is 1.75. The monoisotopic (exact) mass is 237 g/mol. The van der Waals surface area contributed by atoms with Gasteiger partial charge in [0.25, 0.3) is 0 Å². The number of nitrogens with one attached hydrogen (secondary N) is 1. The van der Waals surface area contributed by atoms with Crippen LogP contribution in [0.15, 0.2) is 16.8 Å². The van der Waals surface area contributed by atoms with Crippen molar-refractivity contribution in [2.45, 2.75) is 39.0 Å². The summed E-state index contributed by atoms with van der Waals surface area (Å²) in [6.07, 6.45) is 7.04. The van der Waals surface area contributed by atoms with Gasteiger partial charge in [-0.3, -0.25) is 0 Å². The zero-order valence-corrected chi connectivity index (χ0v) is 11.1. The molecule has 2 rings (SSSR count). The molecule has 2 atom stereocenters. The Morgan fingerprint density at radius 2 is 2.25 bits per heavy atom. The number of hydrogen-bond donors (Lipinski definition) is 1. The maximum Gasteiger partial charge on any atom is -0.00180 e. The van der Waals surface area contributed by atoms with Gasteiger partial charge in [-0.1, -0.05) is 19.8 Å². The second kappa shape index (κ2) is 6.41. The molecular weight excluding hydrogens is 214 g/mol. The normalized spacial score (nSPS) is 25.1. The zero-order chi connectivity index (χ0) is 11.2. The summed E-state index contributed by atoms with van der Waals surface area (Å²) < 4.78 is 0. The average Bonchev–Trinajstić information content (AvgIpc) is 2.94. The van der Waals surface area contributed by atoms with E-state index >= 15 is 0 Å². The predicted molar refractivity (Wildman–Crippen MR) is 72.0 cm³/mol. The summed E-state index contributed by atoms with van der Waals surface area (Å²) >= 11 is 1.82. The first-order chi connectivity index (χ1) is 7.90. The zero-order valence-electron chi connectivity index (χ0n) is 10.2. The van der Waals surface area contributed by atoms with E-state index in [0.29, 0.717) is 0 Å². The number of aryl methyl sites for hydroxylation is 1. The molecule has 1 aromatic heterocycles. The van der Waals surface area contributed by atoms with Crippen LogP contribution in [-0.4, -0.2) is 13.1 Å². The van der Waals surface area contributed by atoms with Crippen molar-refractivity contribution in [1.82, 2.24) is 5.32 Å². The number of thiophene rings is 1. The summed E-state index contributed by atoms with van der Waals surface area (Å²) in [5, 5.41) is 8.01. The van der Waals surface area contributed by atoms with Crippen molar-refractivity contribution >= 4 is 11.3 Å². The predicted octanol–water partition coefficient (Wildman–Crippen LogP) is 3.71. The van der Waals surface area contributed by atoms with Gasteiger partial charge < -0.3 is 5.32 Å². The first-order valence-corrected chi connectivity index (χ1v) is 7.56. The minimum atomic E-state index is 0.943. The van der Waals surface area contributed by atoms with Crippen molar-refractivity contribution in [3.8, 4) is 0 Å². The largest absolute Gasteiger partial charge is 0.317 e. The molecule has 1 fully saturated rings. The fourth-order valence-electron chi connectivity index (χ4n) is 2.88. The van der Waals surface area contributed by atoms with Gasteiger partial charge in [0.1, 0.15) is 0 Å². The average molecular weight is 237 g/mol. The summed E-state index contributed by atoms with van der Waals surface area (Å²) in [7, 11) is 0. The topological polar surface area (TPSA) is 12.0 Å². The third kappa shape index (κ3) is 3.33. The Morgan fingerprint density at radius 1 is 1.38 bits per heavy atom. The molecule has 0 spiro atoms. The standard InChI is InChI=1S/C14H23NS/c1-2-15-10-14-5-3-4-13(14)7-6-12-8-9-16-11-12/h8-9,11,13-15H,2-7,10H2,1H3. The maximum absolute atomic E-state index is 3.52. The quantitative estimate of drug-likeness (QED) is 0.795. The lowest BCUT2D eigenvalue weighted by Crippen LogP contribution is -2.25. The molecule has 1 aliphatic rings. The highest BCUT2D eigenvalue weighted by molar-refractivity contribution is 7.07. The van der Waals surface area contributed by atoms with Crippen LogP contribution >= 0.6 is 11.3 Å². The van der Waals surface area contributed by atoms with Crippen molar-refractivity contribution in [2.24, 2.45) is 11.8 Å². The van der Waals surface area contributed by atoms with Crippen LogP contribution in [-0.2, 0) is 6.42 Å². The molecule has 0 aromatic carbocycles. The molecule has 0 radical (unpaired) electrons. The highest BCUT2D eigenvalue weighted by Crippen LogP contribution is 2.34. The van der Waals surface area contributed by atoms with E-state index in [9.17, 15) is 0 Å². The Morgan fingerprint density at radius 3 is 3.00 bits per heavy atom. The van der Waals surface area contributed by atoms with Gasteiger partial charge in [0.05, 0.1) is 0 Å². The molecule has 1 saturated carbocycles. The first-order valence-electron chi connectivity index (χ1n) is 6.62. The van der Waals surface area contributed by atoms with Crippen molar-refractivity contribution in [3.63, 3.8) is 0 Å². The lowest BCUT2D eigenvalue weighted by Gasteiger charge is -2.19. The SMILES string of the molecule is CCNCC1CCCC1CCc1ccsc1. The van der Waals surface area contributed by atoms with Crippen molar-refractivity contribution < 1.29 is 0 Å². The van der Waals surface area contributed by atoms with Crippen molar-refractivity contribution in [2.75, 3.05) is 13.1 Å². The molecule has 90 valence electrons. The Bertz CT molecular complexity index is 281. The minimum Gasteiger partial charge on any atom is -0.317 e. The van der Waals surface area contributed by atoms with E-state index < -0.39 is 0 Å². The molecule has 1 N–H and O–H groups in total. The van der Waals surface area contributed by atoms with Gasteiger partial charge in [0.2, 0.25) is 0 Å². The maximum atomic E-state index is 3.52. The van der Waals surface area contributed by atoms with E-state index in [1.165, 1.54) is 38.6 Å². The van der Waals surface area contributed by atoms with Gasteiger partial charge >= 0.3 is 0 Å². The second-order valence-electron chi connectivity index (χ2n) is 4.93. The van der Waals surface area contributed by atoms with Gasteiger partial charge in [-0.05, 0) is 66.6 Å². The van der Waals surface area contributed by atoms with E-state index in [0.717, 1.165) is 18.4 Å². The highest BCUT2D eigenvalue weighted by atomic mass is 32.1. The fourth-order valence-corrected chi connectivity index (χ4v) is 3.58. The van der Waals surface area contributed by atoms with Crippen molar-refractivity contribution in [1.29, 1.82) is 0 Å². The Hall–Kier alpha value is -0.340. The molecule has 0 bridgehead atoms. The van der Waals surface area contributed by atoms with Crippen LogP contribution in [0.4, 0.5) is 0 Å². The van der Waals surface area contributed by atoms with Crippen LogP contribution in [0, 0.1) is 11.8 Å². The van der Waals surface area contributed by atoms with Crippen LogP contribution in [0.5, 0.6) is 0 Å². The van der Waals surface area contributed by atoms with E-state index in [-0.39, 0.29) is 0 Å². The molecule has 2 unspecified atom stereocenters. The minimum absolute atomic E-state index is 0.943. The van der Waals surface area contributed by atoms with Gasteiger partial charge in [0, 0.05) is 0 Å². The van der Waals surface area contributed by atoms with E-state index in [1.54, 1.807) is 5.56 Å². The molecule has 1 nitrogen and oxygen atoms in total. The van der Waals surface area contributed by atoms with Gasteiger partial charge in [-0.25, -0.2) is 0 Å². The third-order valence-corrected chi connectivity index (χ3v) is 4.59. The summed E-state index contributed by atoms with van der Waals surface area (Å²) in [6, 6.07) is 2.28. The molecule has 0 amide bonds. The van der Waals surface area contributed by atoms with E-state index in [1.807, 2.05) is 11.3 Å². The van der Waals surface area contributed by atoms with Crippen LogP contribution in [0.3, 0.4) is 0 Å². The molecule has 2 heteroatoms. The number of hydrogen-bond acceptors (Lipinski definition) is 2. The Labute approximate surface area is 103 Å². The molecule has 0 saturated heterocycles. The van der Waals surface area contributed by atoms with Gasteiger partial charge in [-0.15, -0.1) is 0 Å². The van der Waals surface area contributed by atoms with Crippen LogP contribution in [0.2, 0.25) is 0 Å². The third-order valence-electron chi connectivity index (χ3n) is 3.86. The smallest absolute Gasteiger partial charge is 0.00180 e. The van der Waals surface area contributed by atoms with Crippen LogP contribution in [0.1, 0.15) is 38.2 Å². The molecule has 0 aliphatic heterocycles. The lowest BCUT2D eigenvalue weighted by atomic mass is 9.90. The summed E-state index contributed by atoms with van der Waals surface area (Å²) in [5.74, 6) is 1.91. The van der Waals surface area contributed by atoms with Crippen molar-refractivity contribution in [3.05, 3.63) is 22.4 Å². The Kier molecular flexibility index (Phi) is 4.86.